The summed E-state index contributed by atoms with van der Waals surface area (Å²) in [6.07, 6.45) is 7.31. The first kappa shape index (κ1) is 22.9. The average molecular weight is 453 g/mol. The third-order valence-corrected chi connectivity index (χ3v) is 8.54. The molecule has 0 unspecified atom stereocenters. The largest absolute Gasteiger partial charge is 0.301 e. The molecule has 3 rings (SSSR count). The van der Waals surface area contributed by atoms with Crippen molar-refractivity contribution in [3.05, 3.63) is 41.2 Å². The number of sulfone groups is 1. The minimum Gasteiger partial charge on any atom is -0.301 e. The quantitative estimate of drug-likeness (QED) is 0.485. The lowest BCUT2D eigenvalue weighted by molar-refractivity contribution is -0.118. The lowest BCUT2D eigenvalue weighted by Crippen LogP contribution is -2.23. The second-order valence-corrected chi connectivity index (χ2v) is 11.2. The van der Waals surface area contributed by atoms with Gasteiger partial charge in [0.25, 0.3) is 0 Å². The van der Waals surface area contributed by atoms with Crippen LogP contribution in [0.1, 0.15) is 70.3 Å². The zero-order valence-electron chi connectivity index (χ0n) is 17.4. The number of nitrogens with zero attached hydrogens (tertiary/aromatic N) is 1. The Balaban J connectivity index is 1.84. The van der Waals surface area contributed by atoms with Crippen LogP contribution in [-0.2, 0) is 14.6 Å². The van der Waals surface area contributed by atoms with Crippen molar-refractivity contribution < 1.29 is 17.6 Å². The molecule has 2 aromatic rings. The predicted molar refractivity (Wildman–Crippen MR) is 118 cm³/mol. The van der Waals surface area contributed by atoms with E-state index in [4.69, 9.17) is 0 Å². The smallest absolute Gasteiger partial charge is 0.233 e. The fourth-order valence-corrected chi connectivity index (χ4v) is 6.09. The molecule has 1 aromatic carbocycles. The Hall–Kier alpha value is -1.80. The highest BCUT2D eigenvalue weighted by Crippen LogP contribution is 2.35. The Bertz CT molecular complexity index is 947. The maximum Gasteiger partial charge on any atom is 0.233 e. The molecule has 1 aromatic heterocycles. The van der Waals surface area contributed by atoms with Gasteiger partial charge in [-0.2, -0.15) is 4.39 Å². The molecule has 0 bridgehead atoms. The number of hydrogen-bond acceptors (Lipinski definition) is 5. The second kappa shape index (κ2) is 10.0. The van der Waals surface area contributed by atoms with Crippen molar-refractivity contribution in [2.45, 2.75) is 74.9 Å². The van der Waals surface area contributed by atoms with Gasteiger partial charge in [0, 0.05) is 0 Å². The molecule has 0 saturated heterocycles. The molecule has 1 amide bonds. The van der Waals surface area contributed by atoms with E-state index in [0.717, 1.165) is 61.6 Å². The van der Waals surface area contributed by atoms with Crippen LogP contribution in [0.25, 0.3) is 0 Å². The Morgan fingerprint density at radius 2 is 1.83 bits per heavy atom. The molecule has 1 aliphatic carbocycles. The average Bonchev–Trinajstić information content (AvgIpc) is 3.50. The van der Waals surface area contributed by atoms with E-state index in [2.05, 4.69) is 24.1 Å². The summed E-state index contributed by atoms with van der Waals surface area (Å²) in [5.41, 5.74) is 0.775. The van der Waals surface area contributed by atoms with Crippen molar-refractivity contribution in [3.63, 3.8) is 0 Å². The molecule has 30 heavy (non-hydrogen) atoms. The summed E-state index contributed by atoms with van der Waals surface area (Å²) >= 11 is 0.795. The third kappa shape index (κ3) is 5.66. The number of aromatic nitrogens is 1. The van der Waals surface area contributed by atoms with Crippen LogP contribution in [0.15, 0.2) is 35.4 Å². The molecule has 8 heteroatoms. The van der Waals surface area contributed by atoms with Gasteiger partial charge >= 0.3 is 0 Å². The summed E-state index contributed by atoms with van der Waals surface area (Å²) in [5, 5.41) is 2.25. The number of benzene rings is 1. The molecule has 0 spiro atoms. The molecule has 1 aliphatic rings. The van der Waals surface area contributed by atoms with Gasteiger partial charge in [0.1, 0.15) is 0 Å². The summed E-state index contributed by atoms with van der Waals surface area (Å²) in [5.74, 6) is -0.296. The van der Waals surface area contributed by atoms with Crippen molar-refractivity contribution in [2.75, 3.05) is 5.32 Å². The van der Waals surface area contributed by atoms with Crippen molar-refractivity contribution in [1.29, 1.82) is 0 Å². The van der Waals surface area contributed by atoms with E-state index in [1.807, 2.05) is 0 Å². The number of nitrogens with one attached hydrogen (secondary N) is 1. The molecule has 0 radical (unpaired) electrons. The van der Waals surface area contributed by atoms with Gasteiger partial charge in [-0.05, 0) is 42.9 Å². The van der Waals surface area contributed by atoms with Gasteiger partial charge in [-0.1, -0.05) is 63.0 Å². The van der Waals surface area contributed by atoms with Crippen LogP contribution in [0.3, 0.4) is 0 Å². The van der Waals surface area contributed by atoms with Crippen LogP contribution >= 0.6 is 11.3 Å². The standard InChI is InChI=1S/C22H29FN2O3S2/c1-3-5-15(6-4-2)13-19(21(26)25-22-24-14-20(23)29-22)16-7-9-17(10-8-16)30(27,28)18-11-12-18/h7-10,14-15,18-19H,3-6,11-13H2,1-2H3,(H,24,25,26)/t19-/m1/s1. The highest BCUT2D eigenvalue weighted by Gasteiger charge is 2.37. The van der Waals surface area contributed by atoms with E-state index in [1.165, 1.54) is 0 Å². The summed E-state index contributed by atoms with van der Waals surface area (Å²) < 4.78 is 38.2. The maximum absolute atomic E-state index is 13.3. The first-order valence-corrected chi connectivity index (χ1v) is 13.0. The van der Waals surface area contributed by atoms with Crippen molar-refractivity contribution in [2.24, 2.45) is 5.92 Å². The molecular weight excluding hydrogens is 423 g/mol. The van der Waals surface area contributed by atoms with Gasteiger partial charge in [0.15, 0.2) is 20.1 Å². The van der Waals surface area contributed by atoms with Crippen molar-refractivity contribution in [3.8, 4) is 0 Å². The van der Waals surface area contributed by atoms with Crippen LogP contribution in [0.2, 0.25) is 0 Å². The minimum absolute atomic E-state index is 0.234. The van der Waals surface area contributed by atoms with Crippen molar-refractivity contribution >= 4 is 32.2 Å². The minimum atomic E-state index is -3.27. The second-order valence-electron chi connectivity index (χ2n) is 8.00. The molecule has 0 aliphatic heterocycles. The van der Waals surface area contributed by atoms with Gasteiger partial charge in [-0.25, -0.2) is 13.4 Å². The fourth-order valence-electron chi connectivity index (χ4n) is 3.89. The molecule has 1 fully saturated rings. The highest BCUT2D eigenvalue weighted by atomic mass is 32.2. The number of carbonyl (C=O) groups excluding carboxylic acids is 1. The Labute approximate surface area is 182 Å². The Morgan fingerprint density at radius 1 is 1.20 bits per heavy atom. The van der Waals surface area contributed by atoms with E-state index < -0.39 is 20.9 Å². The lowest BCUT2D eigenvalue weighted by atomic mass is 9.84. The van der Waals surface area contributed by atoms with E-state index in [9.17, 15) is 17.6 Å². The first-order chi connectivity index (χ1) is 14.3. The zero-order chi connectivity index (χ0) is 21.7. The Kier molecular flexibility index (Phi) is 7.63. The number of halogens is 1. The van der Waals surface area contributed by atoms with Gasteiger partial charge in [-0.15, -0.1) is 0 Å². The topological polar surface area (TPSA) is 76.1 Å². The predicted octanol–water partition coefficient (Wildman–Crippen LogP) is 5.55. The monoisotopic (exact) mass is 452 g/mol. The van der Waals surface area contributed by atoms with Gasteiger partial charge in [0.2, 0.25) is 5.91 Å². The summed E-state index contributed by atoms with van der Waals surface area (Å²) in [7, 11) is -3.27. The van der Waals surface area contributed by atoms with Gasteiger partial charge < -0.3 is 5.32 Å². The SMILES string of the molecule is CCCC(CCC)C[C@@H](C(=O)Nc1ncc(F)s1)c1ccc(S(=O)(=O)C2CC2)cc1. The molecular formula is C22H29FN2O3S2. The van der Waals surface area contributed by atoms with Crippen LogP contribution in [0, 0.1) is 11.0 Å². The fraction of sp³-hybridized carbons (Fsp3) is 0.545. The number of anilines is 1. The van der Waals surface area contributed by atoms with E-state index >= 15 is 0 Å². The number of thiazole rings is 1. The first-order valence-electron chi connectivity index (χ1n) is 10.6. The number of hydrogen-bond donors (Lipinski definition) is 1. The van der Waals surface area contributed by atoms with Crippen molar-refractivity contribution in [1.82, 2.24) is 4.98 Å². The molecule has 1 saturated carbocycles. The maximum atomic E-state index is 13.3. The van der Waals surface area contributed by atoms with Crippen LogP contribution in [-0.4, -0.2) is 24.6 Å². The van der Waals surface area contributed by atoms with E-state index in [0.29, 0.717) is 17.2 Å². The summed E-state index contributed by atoms with van der Waals surface area (Å²) in [6, 6.07) is 6.72. The molecule has 1 heterocycles. The highest BCUT2D eigenvalue weighted by molar-refractivity contribution is 7.92. The number of rotatable bonds is 11. The Morgan fingerprint density at radius 3 is 2.33 bits per heavy atom. The molecule has 5 nitrogen and oxygen atoms in total. The lowest BCUT2D eigenvalue weighted by Gasteiger charge is -2.23. The zero-order valence-corrected chi connectivity index (χ0v) is 19.1. The van der Waals surface area contributed by atoms with Gasteiger partial charge in [0.05, 0.1) is 22.3 Å². The molecule has 1 N–H and O–H groups in total. The molecule has 164 valence electrons. The van der Waals surface area contributed by atoms with E-state index in [-0.39, 0.29) is 16.3 Å². The number of carbonyl (C=O) groups is 1. The third-order valence-electron chi connectivity index (χ3n) is 5.56. The molecule has 1 atom stereocenters. The normalized spacial score (nSPS) is 15.3. The summed E-state index contributed by atoms with van der Waals surface area (Å²) in [6.45, 7) is 4.27. The van der Waals surface area contributed by atoms with Crippen LogP contribution in [0.5, 0.6) is 0 Å². The van der Waals surface area contributed by atoms with Crippen LogP contribution < -0.4 is 5.32 Å². The summed E-state index contributed by atoms with van der Waals surface area (Å²) in [4.78, 5) is 17.3. The van der Waals surface area contributed by atoms with Crippen LogP contribution in [0.4, 0.5) is 9.52 Å². The number of amides is 1. The van der Waals surface area contributed by atoms with E-state index in [1.54, 1.807) is 24.3 Å². The van der Waals surface area contributed by atoms with Gasteiger partial charge in [-0.3, -0.25) is 4.79 Å².